The molecule has 1 atom stereocenters. The van der Waals surface area contributed by atoms with Gasteiger partial charge in [-0.2, -0.15) is 0 Å². The van der Waals surface area contributed by atoms with Gasteiger partial charge >= 0.3 is 5.97 Å². The van der Waals surface area contributed by atoms with Crippen molar-refractivity contribution < 1.29 is 19.4 Å². The van der Waals surface area contributed by atoms with Crippen molar-refractivity contribution in [2.75, 3.05) is 13.7 Å². The molecule has 0 fully saturated rings. The van der Waals surface area contributed by atoms with Crippen molar-refractivity contribution in [3.05, 3.63) is 24.0 Å². The number of rotatable bonds is 6. The van der Waals surface area contributed by atoms with Crippen LogP contribution in [0.25, 0.3) is 0 Å². The van der Waals surface area contributed by atoms with Crippen molar-refractivity contribution in [3.8, 4) is 0 Å². The van der Waals surface area contributed by atoms with E-state index in [2.05, 4.69) is 10.1 Å². The van der Waals surface area contributed by atoms with Crippen LogP contribution < -0.4 is 5.32 Å². The highest BCUT2D eigenvalue weighted by molar-refractivity contribution is 5.93. The number of amides is 1. The van der Waals surface area contributed by atoms with E-state index in [1.165, 1.54) is 7.11 Å². The fourth-order valence-electron chi connectivity index (χ4n) is 1.56. The Labute approximate surface area is 106 Å². The predicted molar refractivity (Wildman–Crippen MR) is 65.1 cm³/mol. The molecular weight excluding hydrogens is 236 g/mol. The molecule has 1 aromatic rings. The number of hydrogen-bond acceptors (Lipinski definition) is 4. The summed E-state index contributed by atoms with van der Waals surface area (Å²) in [6, 6.07) is 3.47. The third-order valence-corrected chi connectivity index (χ3v) is 2.46. The fraction of sp³-hybridized carbons (Fsp3) is 0.500. The van der Waals surface area contributed by atoms with Crippen molar-refractivity contribution in [1.29, 1.82) is 0 Å². The maximum absolute atomic E-state index is 11.8. The van der Waals surface area contributed by atoms with E-state index in [-0.39, 0.29) is 12.5 Å². The molecule has 0 bridgehead atoms. The number of nitrogens with one attached hydrogen (secondary N) is 1. The molecule has 0 aromatic carbocycles. The van der Waals surface area contributed by atoms with Crippen molar-refractivity contribution in [2.45, 2.75) is 26.0 Å². The molecule has 0 saturated heterocycles. The number of methoxy groups -OCH3 is 1. The normalized spacial score (nSPS) is 11.9. The molecule has 0 spiro atoms. The highest BCUT2D eigenvalue weighted by Gasteiger charge is 2.17. The van der Waals surface area contributed by atoms with Crippen LogP contribution in [0, 0.1) is 0 Å². The van der Waals surface area contributed by atoms with E-state index in [0.717, 1.165) is 13.0 Å². The van der Waals surface area contributed by atoms with Gasteiger partial charge in [-0.25, -0.2) is 4.79 Å². The summed E-state index contributed by atoms with van der Waals surface area (Å²) in [5, 5.41) is 11.8. The molecule has 6 nitrogen and oxygen atoms in total. The monoisotopic (exact) mass is 254 g/mol. The molecule has 1 heterocycles. The summed E-state index contributed by atoms with van der Waals surface area (Å²) in [5.41, 5.74) is 0.508. The zero-order valence-corrected chi connectivity index (χ0v) is 10.5. The smallest absolute Gasteiger partial charge is 0.336 e. The first-order chi connectivity index (χ1) is 8.60. The summed E-state index contributed by atoms with van der Waals surface area (Å²) in [6.45, 7) is 2.60. The van der Waals surface area contributed by atoms with E-state index in [0.29, 0.717) is 5.69 Å². The lowest BCUT2D eigenvalue weighted by Crippen LogP contribution is -2.37. The molecule has 1 rings (SSSR count). The van der Waals surface area contributed by atoms with Crippen LogP contribution in [-0.4, -0.2) is 41.3 Å². The van der Waals surface area contributed by atoms with Gasteiger partial charge in [0.2, 0.25) is 0 Å². The molecule has 6 heteroatoms. The van der Waals surface area contributed by atoms with Crippen LogP contribution in [-0.2, 0) is 16.1 Å². The van der Waals surface area contributed by atoms with Gasteiger partial charge in [-0.15, -0.1) is 0 Å². The van der Waals surface area contributed by atoms with Crippen LogP contribution in [0.5, 0.6) is 0 Å². The van der Waals surface area contributed by atoms with Gasteiger partial charge in [0.1, 0.15) is 5.69 Å². The van der Waals surface area contributed by atoms with Crippen LogP contribution in [0.2, 0.25) is 0 Å². The largest absolute Gasteiger partial charge is 0.467 e. The van der Waals surface area contributed by atoms with Gasteiger partial charge in [0.15, 0.2) is 6.10 Å². The van der Waals surface area contributed by atoms with E-state index >= 15 is 0 Å². The van der Waals surface area contributed by atoms with Crippen LogP contribution >= 0.6 is 0 Å². The van der Waals surface area contributed by atoms with Crippen molar-refractivity contribution in [1.82, 2.24) is 9.88 Å². The highest BCUT2D eigenvalue weighted by Crippen LogP contribution is 2.03. The van der Waals surface area contributed by atoms with Gasteiger partial charge in [-0.1, -0.05) is 6.92 Å². The molecule has 0 aliphatic rings. The zero-order valence-electron chi connectivity index (χ0n) is 10.5. The quantitative estimate of drug-likeness (QED) is 0.709. The molecule has 0 radical (unpaired) electrons. The lowest BCUT2D eigenvalue weighted by Gasteiger charge is -2.11. The molecular formula is C12H18N2O4. The number of ether oxygens (including phenoxy) is 1. The first-order valence-electron chi connectivity index (χ1n) is 5.79. The minimum atomic E-state index is -1.34. The number of carbonyl (C=O) groups excluding carboxylic acids is 2. The predicted octanol–water partition coefficient (Wildman–Crippen LogP) is 0.162. The first-order valence-corrected chi connectivity index (χ1v) is 5.79. The minimum Gasteiger partial charge on any atom is -0.467 e. The Bertz CT molecular complexity index is 414. The van der Waals surface area contributed by atoms with E-state index < -0.39 is 12.1 Å². The number of aliphatic hydroxyl groups is 1. The Kier molecular flexibility index (Phi) is 5.38. The number of aryl methyl sites for hydroxylation is 1. The maximum Gasteiger partial charge on any atom is 0.336 e. The molecule has 1 amide bonds. The second-order valence-electron chi connectivity index (χ2n) is 3.84. The van der Waals surface area contributed by atoms with Gasteiger partial charge in [0.05, 0.1) is 13.7 Å². The minimum absolute atomic E-state index is 0.164. The number of aliphatic hydroxyl groups excluding tert-OH is 1. The number of aromatic nitrogens is 1. The van der Waals surface area contributed by atoms with Gasteiger partial charge < -0.3 is 19.7 Å². The summed E-state index contributed by atoms with van der Waals surface area (Å²) < 4.78 is 6.17. The average molecular weight is 254 g/mol. The maximum atomic E-state index is 11.8. The second-order valence-corrected chi connectivity index (χ2v) is 3.84. The standard InChI is InChI=1S/C12H18N2O4/c1-3-6-14-7-4-5-9(14)11(16)13-8-10(15)12(17)18-2/h4-5,7,10,15H,3,6,8H2,1-2H3,(H,13,16). The number of esters is 1. The first kappa shape index (κ1) is 14.2. The Balaban J connectivity index is 2.55. The fourth-order valence-corrected chi connectivity index (χ4v) is 1.56. The Morgan fingerprint density at radius 3 is 2.89 bits per heavy atom. The average Bonchev–Trinajstić information content (AvgIpc) is 2.83. The summed E-state index contributed by atoms with van der Waals surface area (Å²) in [5.74, 6) is -1.09. The Morgan fingerprint density at radius 1 is 1.56 bits per heavy atom. The summed E-state index contributed by atoms with van der Waals surface area (Å²) in [7, 11) is 1.18. The van der Waals surface area contributed by atoms with E-state index in [9.17, 15) is 14.7 Å². The lowest BCUT2D eigenvalue weighted by atomic mass is 10.3. The number of nitrogens with zero attached hydrogens (tertiary/aromatic N) is 1. The number of hydrogen-bond donors (Lipinski definition) is 2. The van der Waals surface area contributed by atoms with Gasteiger partial charge in [0, 0.05) is 12.7 Å². The third kappa shape index (κ3) is 3.59. The molecule has 18 heavy (non-hydrogen) atoms. The molecule has 1 aromatic heterocycles. The van der Waals surface area contributed by atoms with Crippen LogP contribution in [0.3, 0.4) is 0 Å². The third-order valence-electron chi connectivity index (χ3n) is 2.46. The molecule has 0 saturated carbocycles. The van der Waals surface area contributed by atoms with E-state index in [1.54, 1.807) is 12.1 Å². The van der Waals surface area contributed by atoms with Gasteiger partial charge in [-0.3, -0.25) is 4.79 Å². The summed E-state index contributed by atoms with van der Waals surface area (Å²) in [4.78, 5) is 22.8. The lowest BCUT2D eigenvalue weighted by molar-refractivity contribution is -0.149. The van der Waals surface area contributed by atoms with E-state index in [1.807, 2.05) is 17.7 Å². The van der Waals surface area contributed by atoms with Crippen LogP contribution in [0.15, 0.2) is 18.3 Å². The molecule has 100 valence electrons. The molecule has 0 aliphatic heterocycles. The highest BCUT2D eigenvalue weighted by atomic mass is 16.5. The SMILES string of the molecule is CCCn1cccc1C(=O)NCC(O)C(=O)OC. The second kappa shape index (κ2) is 6.80. The Morgan fingerprint density at radius 2 is 2.28 bits per heavy atom. The van der Waals surface area contributed by atoms with Gasteiger partial charge in [-0.05, 0) is 18.6 Å². The topological polar surface area (TPSA) is 80.6 Å². The summed E-state index contributed by atoms with van der Waals surface area (Å²) in [6.07, 6.45) is 1.39. The summed E-state index contributed by atoms with van der Waals surface area (Å²) >= 11 is 0. The van der Waals surface area contributed by atoms with Crippen LogP contribution in [0.1, 0.15) is 23.8 Å². The van der Waals surface area contributed by atoms with E-state index in [4.69, 9.17) is 0 Å². The van der Waals surface area contributed by atoms with Crippen molar-refractivity contribution >= 4 is 11.9 Å². The Hall–Kier alpha value is -1.82. The van der Waals surface area contributed by atoms with Gasteiger partial charge in [0.25, 0.3) is 5.91 Å². The molecule has 0 aliphatic carbocycles. The zero-order chi connectivity index (χ0) is 13.5. The van der Waals surface area contributed by atoms with Crippen LogP contribution in [0.4, 0.5) is 0 Å². The number of carbonyl (C=O) groups is 2. The van der Waals surface area contributed by atoms with Crippen molar-refractivity contribution in [3.63, 3.8) is 0 Å². The molecule has 1 unspecified atom stereocenters. The van der Waals surface area contributed by atoms with Crippen molar-refractivity contribution in [2.24, 2.45) is 0 Å². The molecule has 2 N–H and O–H groups in total.